The molecule has 3 aromatic rings. The van der Waals surface area contributed by atoms with Crippen LogP contribution in [0.15, 0.2) is 83.8 Å². The van der Waals surface area contributed by atoms with Crippen LogP contribution in [0.1, 0.15) is 37.0 Å². The van der Waals surface area contributed by atoms with Crippen molar-refractivity contribution in [2.75, 3.05) is 77.1 Å². The molecular formula is C33H43N3O5S. The number of rotatable bonds is 13. The first kappa shape index (κ1) is 30.5. The topological polar surface area (TPSA) is 71.6 Å². The summed E-state index contributed by atoms with van der Waals surface area (Å²) in [5.41, 5.74) is 3.45. The minimum absolute atomic E-state index is 0.166. The number of nitrogens with zero attached hydrogens (tertiary/aromatic N) is 3. The van der Waals surface area contributed by atoms with Crippen LogP contribution in [0.3, 0.4) is 0 Å². The van der Waals surface area contributed by atoms with Gasteiger partial charge in [-0.1, -0.05) is 55.8 Å². The summed E-state index contributed by atoms with van der Waals surface area (Å²) in [5, 5.41) is 0. The minimum atomic E-state index is -3.54. The number of piperazine rings is 1. The Hall–Kier alpha value is -2.95. The molecule has 8 nitrogen and oxygen atoms in total. The lowest BCUT2D eigenvalue weighted by Crippen LogP contribution is -2.49. The molecule has 5 rings (SSSR count). The summed E-state index contributed by atoms with van der Waals surface area (Å²) in [6, 6.07) is 25.8. The van der Waals surface area contributed by atoms with Crippen molar-refractivity contribution in [2.45, 2.75) is 30.8 Å². The van der Waals surface area contributed by atoms with E-state index in [1.807, 2.05) is 18.2 Å². The SMILES string of the molecule is CCCCOc1ccc(S(=O)(=O)N2CCN(CCO[C@@H](c3ccccc3)c3ccc(N4CCOCC4)cc3)CC2)cc1. The highest BCUT2D eigenvalue weighted by atomic mass is 32.2. The molecular weight excluding hydrogens is 550 g/mol. The minimum Gasteiger partial charge on any atom is -0.494 e. The van der Waals surface area contributed by atoms with E-state index in [9.17, 15) is 8.42 Å². The van der Waals surface area contributed by atoms with E-state index in [1.54, 1.807) is 28.6 Å². The second-order valence-electron chi connectivity index (χ2n) is 10.8. The summed E-state index contributed by atoms with van der Waals surface area (Å²) in [4.78, 5) is 4.94. The van der Waals surface area contributed by atoms with Crippen molar-refractivity contribution in [3.63, 3.8) is 0 Å². The van der Waals surface area contributed by atoms with Gasteiger partial charge in [-0.2, -0.15) is 4.31 Å². The lowest BCUT2D eigenvalue weighted by Gasteiger charge is -2.34. The number of morpholine rings is 1. The maximum atomic E-state index is 13.2. The number of anilines is 1. The Labute approximate surface area is 250 Å². The van der Waals surface area contributed by atoms with Gasteiger partial charge in [-0.3, -0.25) is 4.90 Å². The zero-order chi connectivity index (χ0) is 29.2. The van der Waals surface area contributed by atoms with Crippen LogP contribution in [-0.2, 0) is 19.5 Å². The van der Waals surface area contributed by atoms with Crippen LogP contribution in [0.4, 0.5) is 5.69 Å². The molecule has 0 aromatic heterocycles. The molecule has 3 aromatic carbocycles. The average Bonchev–Trinajstić information content (AvgIpc) is 3.05. The molecule has 0 N–H and O–H groups in total. The maximum absolute atomic E-state index is 13.2. The molecule has 2 saturated heterocycles. The summed E-state index contributed by atoms with van der Waals surface area (Å²) >= 11 is 0. The monoisotopic (exact) mass is 593 g/mol. The highest BCUT2D eigenvalue weighted by Gasteiger charge is 2.28. The Morgan fingerprint density at radius 3 is 2.12 bits per heavy atom. The predicted octanol–water partition coefficient (Wildman–Crippen LogP) is 4.81. The van der Waals surface area contributed by atoms with Gasteiger partial charge in [0.25, 0.3) is 0 Å². The fourth-order valence-electron chi connectivity index (χ4n) is 5.38. The van der Waals surface area contributed by atoms with Crippen LogP contribution in [0.2, 0.25) is 0 Å². The average molecular weight is 594 g/mol. The van der Waals surface area contributed by atoms with E-state index in [2.05, 4.69) is 53.1 Å². The number of hydrogen-bond acceptors (Lipinski definition) is 7. The van der Waals surface area contributed by atoms with Gasteiger partial charge in [0.2, 0.25) is 10.0 Å². The zero-order valence-corrected chi connectivity index (χ0v) is 25.4. The first-order chi connectivity index (χ1) is 20.5. The van der Waals surface area contributed by atoms with Crippen LogP contribution >= 0.6 is 0 Å². The largest absolute Gasteiger partial charge is 0.494 e. The lowest BCUT2D eigenvalue weighted by molar-refractivity contribution is 0.0527. The van der Waals surface area contributed by atoms with E-state index < -0.39 is 10.0 Å². The van der Waals surface area contributed by atoms with Crippen molar-refractivity contribution in [3.05, 3.63) is 90.0 Å². The zero-order valence-electron chi connectivity index (χ0n) is 24.6. The quantitative estimate of drug-likeness (QED) is 0.263. The van der Waals surface area contributed by atoms with Crippen molar-refractivity contribution in [2.24, 2.45) is 0 Å². The summed E-state index contributed by atoms with van der Waals surface area (Å²) in [6.45, 7) is 9.66. The Bertz CT molecular complexity index is 1320. The van der Waals surface area contributed by atoms with E-state index >= 15 is 0 Å². The molecule has 0 saturated carbocycles. The van der Waals surface area contributed by atoms with Crippen LogP contribution < -0.4 is 9.64 Å². The molecule has 2 heterocycles. The molecule has 0 aliphatic carbocycles. The lowest BCUT2D eigenvalue weighted by atomic mass is 10.0. The van der Waals surface area contributed by atoms with Crippen molar-refractivity contribution in [1.29, 1.82) is 0 Å². The number of sulfonamides is 1. The molecule has 2 aliphatic rings. The molecule has 1 atom stereocenters. The Kier molecular flexibility index (Phi) is 10.9. The van der Waals surface area contributed by atoms with Crippen LogP contribution in [0, 0.1) is 0 Å². The first-order valence-corrected chi connectivity index (χ1v) is 16.5. The number of hydrogen-bond donors (Lipinski definition) is 0. The molecule has 0 bridgehead atoms. The molecule has 9 heteroatoms. The van der Waals surface area contributed by atoms with Gasteiger partial charge < -0.3 is 19.1 Å². The van der Waals surface area contributed by atoms with E-state index in [1.165, 1.54) is 5.69 Å². The van der Waals surface area contributed by atoms with Gasteiger partial charge >= 0.3 is 0 Å². The van der Waals surface area contributed by atoms with Gasteiger partial charge in [0, 0.05) is 51.5 Å². The fourth-order valence-corrected chi connectivity index (χ4v) is 6.80. The summed E-state index contributed by atoms with van der Waals surface area (Å²) < 4.78 is 45.7. The fraction of sp³-hybridized carbons (Fsp3) is 0.455. The van der Waals surface area contributed by atoms with Gasteiger partial charge in [0.05, 0.1) is 31.3 Å². The Morgan fingerprint density at radius 2 is 1.45 bits per heavy atom. The van der Waals surface area contributed by atoms with Crippen molar-refractivity contribution >= 4 is 15.7 Å². The van der Waals surface area contributed by atoms with E-state index in [0.29, 0.717) is 50.0 Å². The molecule has 2 fully saturated rings. The van der Waals surface area contributed by atoms with Crippen LogP contribution in [0.25, 0.3) is 0 Å². The van der Waals surface area contributed by atoms with E-state index in [0.717, 1.165) is 56.8 Å². The number of benzene rings is 3. The van der Waals surface area contributed by atoms with Crippen LogP contribution in [-0.4, -0.2) is 89.9 Å². The summed E-state index contributed by atoms with van der Waals surface area (Å²) in [6.07, 6.45) is 1.87. The van der Waals surface area contributed by atoms with Crippen molar-refractivity contribution < 1.29 is 22.6 Å². The van der Waals surface area contributed by atoms with Crippen molar-refractivity contribution in [1.82, 2.24) is 9.21 Å². The molecule has 0 unspecified atom stereocenters. The van der Waals surface area contributed by atoms with E-state index in [4.69, 9.17) is 14.2 Å². The van der Waals surface area contributed by atoms with Crippen LogP contribution in [0.5, 0.6) is 5.75 Å². The number of unbranched alkanes of at least 4 members (excludes halogenated alkanes) is 1. The van der Waals surface area contributed by atoms with Crippen molar-refractivity contribution in [3.8, 4) is 5.75 Å². The maximum Gasteiger partial charge on any atom is 0.243 e. The Morgan fingerprint density at radius 1 is 0.786 bits per heavy atom. The summed E-state index contributed by atoms with van der Waals surface area (Å²) in [7, 11) is -3.54. The molecule has 0 spiro atoms. The second-order valence-corrected chi connectivity index (χ2v) is 12.7. The third kappa shape index (κ3) is 7.90. The smallest absolute Gasteiger partial charge is 0.243 e. The normalized spacial score (nSPS) is 17.7. The highest BCUT2D eigenvalue weighted by Crippen LogP contribution is 2.28. The third-order valence-electron chi connectivity index (χ3n) is 7.93. The van der Waals surface area contributed by atoms with E-state index in [-0.39, 0.29) is 6.10 Å². The molecule has 42 heavy (non-hydrogen) atoms. The standard InChI is InChI=1S/C33H43N3O5S/c1-2-3-24-40-31-13-15-32(16-14-31)42(37,38)36-19-17-34(18-20-36)21-27-41-33(28-7-5-4-6-8-28)29-9-11-30(12-10-29)35-22-25-39-26-23-35/h4-16,33H,2-3,17-27H2,1H3/t33-/m0/s1. The second kappa shape index (κ2) is 15.0. The Balaban J connectivity index is 1.13. The number of ether oxygens (including phenoxy) is 3. The van der Waals surface area contributed by atoms with Gasteiger partial charge in [-0.15, -0.1) is 0 Å². The highest BCUT2D eigenvalue weighted by molar-refractivity contribution is 7.89. The van der Waals surface area contributed by atoms with Gasteiger partial charge in [-0.05, 0) is 53.9 Å². The summed E-state index contributed by atoms with van der Waals surface area (Å²) in [5.74, 6) is 0.703. The third-order valence-corrected chi connectivity index (χ3v) is 9.84. The first-order valence-electron chi connectivity index (χ1n) is 15.1. The molecule has 2 aliphatic heterocycles. The van der Waals surface area contributed by atoms with Gasteiger partial charge in [0.15, 0.2) is 0 Å². The molecule has 226 valence electrons. The molecule has 0 radical (unpaired) electrons. The predicted molar refractivity (Wildman–Crippen MR) is 166 cm³/mol. The molecule has 0 amide bonds. The van der Waals surface area contributed by atoms with Gasteiger partial charge in [-0.25, -0.2) is 8.42 Å². The van der Waals surface area contributed by atoms with Gasteiger partial charge in [0.1, 0.15) is 11.9 Å².